The maximum absolute atomic E-state index is 2.28. The Labute approximate surface area is 75.0 Å². The quantitative estimate of drug-likeness (QED) is 0.377. The fourth-order valence-corrected chi connectivity index (χ4v) is 1.16. The molecule has 0 radical (unpaired) electrons. The van der Waals surface area contributed by atoms with E-state index in [2.05, 4.69) is 21.1 Å². The van der Waals surface area contributed by atoms with Gasteiger partial charge in [-0.3, -0.25) is 0 Å². The van der Waals surface area contributed by atoms with E-state index >= 15 is 0 Å². The van der Waals surface area contributed by atoms with Crippen molar-refractivity contribution in [2.24, 2.45) is 0 Å². The Morgan fingerprint density at radius 2 is 1.56 bits per heavy atom. The van der Waals surface area contributed by atoms with Crippen LogP contribution in [0.25, 0.3) is 0 Å². The van der Waals surface area contributed by atoms with Gasteiger partial charge in [0.1, 0.15) is 0 Å². The summed E-state index contributed by atoms with van der Waals surface area (Å²) in [5.74, 6) is 0. The average molecular weight is 241 g/mol. The van der Waals surface area contributed by atoms with E-state index in [4.69, 9.17) is 0 Å². The Hall–Kier alpha value is 0.690. The van der Waals surface area contributed by atoms with E-state index in [9.17, 15) is 0 Å². The minimum Gasteiger partial charge on any atom is -1.00 e. The molecular weight excluding hydrogens is 225 g/mol. The minimum atomic E-state index is 0. The van der Waals surface area contributed by atoms with Crippen LogP contribution in [-0.2, 0) is 0 Å². The van der Waals surface area contributed by atoms with Crippen LogP contribution in [0.4, 0.5) is 0 Å². The van der Waals surface area contributed by atoms with E-state index in [1.165, 1.54) is 23.7 Å². The monoisotopic (exact) mass is 241 g/mol. The lowest BCUT2D eigenvalue weighted by Crippen LogP contribution is -3.00. The molecule has 1 fully saturated rings. The summed E-state index contributed by atoms with van der Waals surface area (Å²) in [7, 11) is 6.84. The number of rotatable bonds is 1. The van der Waals surface area contributed by atoms with Crippen LogP contribution in [-0.4, -0.2) is 31.7 Å². The first-order chi connectivity index (χ1) is 3.61. The Balaban J connectivity index is 0.000000640. The molecule has 0 spiro atoms. The molecule has 0 aliphatic heterocycles. The maximum Gasteiger partial charge on any atom is 0.0884 e. The summed E-state index contributed by atoms with van der Waals surface area (Å²) in [6.45, 7) is 0. The van der Waals surface area contributed by atoms with Crippen molar-refractivity contribution in [1.82, 2.24) is 0 Å². The second-order valence-electron chi connectivity index (χ2n) is 3.70. The third kappa shape index (κ3) is 2.42. The van der Waals surface area contributed by atoms with E-state index in [-0.39, 0.29) is 24.0 Å². The Kier molecular flexibility index (Phi) is 3.44. The highest BCUT2D eigenvalue weighted by molar-refractivity contribution is 4.68. The van der Waals surface area contributed by atoms with Crippen molar-refractivity contribution in [3.63, 3.8) is 0 Å². The van der Waals surface area contributed by atoms with E-state index in [1.54, 1.807) is 0 Å². The van der Waals surface area contributed by atoms with Crippen molar-refractivity contribution in [2.75, 3.05) is 21.1 Å². The highest BCUT2D eigenvalue weighted by Crippen LogP contribution is 2.26. The van der Waals surface area contributed by atoms with Crippen molar-refractivity contribution in [1.29, 1.82) is 0 Å². The molecule has 0 aromatic heterocycles. The molecule has 0 saturated heterocycles. The zero-order valence-electron chi connectivity index (χ0n) is 6.52. The van der Waals surface area contributed by atoms with Crippen LogP contribution in [0.1, 0.15) is 19.3 Å². The average Bonchev–Trinajstić information content (AvgIpc) is 1.16. The summed E-state index contributed by atoms with van der Waals surface area (Å²) in [6.07, 6.45) is 4.35. The van der Waals surface area contributed by atoms with Crippen molar-refractivity contribution in [3.05, 3.63) is 0 Å². The highest BCUT2D eigenvalue weighted by Gasteiger charge is 2.29. The van der Waals surface area contributed by atoms with Gasteiger partial charge in [-0.15, -0.1) is 0 Å². The number of nitrogens with zero attached hydrogens (tertiary/aromatic N) is 1. The fraction of sp³-hybridized carbons (Fsp3) is 1.00. The van der Waals surface area contributed by atoms with Crippen molar-refractivity contribution in [2.45, 2.75) is 25.3 Å². The van der Waals surface area contributed by atoms with Gasteiger partial charge in [-0.25, -0.2) is 0 Å². The zero-order valence-corrected chi connectivity index (χ0v) is 8.68. The van der Waals surface area contributed by atoms with Crippen molar-refractivity contribution >= 4 is 0 Å². The van der Waals surface area contributed by atoms with Crippen LogP contribution < -0.4 is 24.0 Å². The van der Waals surface area contributed by atoms with Gasteiger partial charge in [-0.1, -0.05) is 0 Å². The molecular formula is C7H16IN. The first-order valence-electron chi connectivity index (χ1n) is 3.42. The highest BCUT2D eigenvalue weighted by atomic mass is 127. The molecule has 1 nitrogen and oxygen atoms in total. The van der Waals surface area contributed by atoms with Gasteiger partial charge >= 0.3 is 0 Å². The van der Waals surface area contributed by atoms with Gasteiger partial charge in [0.2, 0.25) is 0 Å². The van der Waals surface area contributed by atoms with Gasteiger partial charge in [-0.05, 0) is 19.3 Å². The standard InChI is InChI=1S/C7H16N.HI/c1-8(2,3)7-5-4-6-7;/h7H,4-6H2,1-3H3;1H/q+1;/p-1. The summed E-state index contributed by atoms with van der Waals surface area (Å²) >= 11 is 0. The van der Waals surface area contributed by atoms with Crippen LogP contribution in [0.5, 0.6) is 0 Å². The molecule has 9 heavy (non-hydrogen) atoms. The predicted octanol–water partition coefficient (Wildman–Crippen LogP) is -1.75. The number of quaternary nitrogens is 1. The first kappa shape index (κ1) is 9.69. The van der Waals surface area contributed by atoms with Crippen LogP contribution in [0.2, 0.25) is 0 Å². The van der Waals surface area contributed by atoms with E-state index < -0.39 is 0 Å². The molecule has 0 unspecified atom stereocenters. The Morgan fingerprint density at radius 1 is 1.11 bits per heavy atom. The van der Waals surface area contributed by atoms with Gasteiger partial charge < -0.3 is 28.5 Å². The fourth-order valence-electron chi connectivity index (χ4n) is 1.16. The van der Waals surface area contributed by atoms with Gasteiger partial charge in [0.25, 0.3) is 0 Å². The van der Waals surface area contributed by atoms with Crippen LogP contribution >= 0.6 is 0 Å². The second-order valence-corrected chi connectivity index (χ2v) is 3.70. The molecule has 1 aliphatic rings. The van der Waals surface area contributed by atoms with Crippen molar-refractivity contribution < 1.29 is 28.5 Å². The van der Waals surface area contributed by atoms with Crippen LogP contribution in [0, 0.1) is 0 Å². The van der Waals surface area contributed by atoms with E-state index in [0.717, 1.165) is 6.04 Å². The van der Waals surface area contributed by atoms with Crippen LogP contribution in [0.15, 0.2) is 0 Å². The van der Waals surface area contributed by atoms with E-state index in [0.29, 0.717) is 0 Å². The molecule has 0 amide bonds. The summed E-state index contributed by atoms with van der Waals surface area (Å²) in [6, 6.07) is 0.968. The number of hydrogen-bond donors (Lipinski definition) is 0. The summed E-state index contributed by atoms with van der Waals surface area (Å²) in [5, 5.41) is 0. The molecule has 2 heteroatoms. The summed E-state index contributed by atoms with van der Waals surface area (Å²) in [4.78, 5) is 0. The third-order valence-corrected chi connectivity index (χ3v) is 2.17. The van der Waals surface area contributed by atoms with E-state index in [1.807, 2.05) is 0 Å². The predicted molar refractivity (Wildman–Crippen MR) is 35.7 cm³/mol. The normalized spacial score (nSPS) is 20.3. The zero-order chi connectivity index (χ0) is 6.20. The Morgan fingerprint density at radius 3 is 1.56 bits per heavy atom. The van der Waals surface area contributed by atoms with Crippen LogP contribution in [0.3, 0.4) is 0 Å². The molecule has 0 bridgehead atoms. The summed E-state index contributed by atoms with van der Waals surface area (Å²) in [5.41, 5.74) is 0. The molecule has 0 aromatic rings. The third-order valence-electron chi connectivity index (χ3n) is 2.17. The smallest absolute Gasteiger partial charge is 0.0884 e. The second kappa shape index (κ2) is 3.19. The van der Waals surface area contributed by atoms with Gasteiger partial charge in [-0.2, -0.15) is 0 Å². The molecule has 1 aliphatic carbocycles. The molecule has 0 N–H and O–H groups in total. The molecule has 56 valence electrons. The molecule has 0 heterocycles. The molecule has 0 aromatic carbocycles. The van der Waals surface area contributed by atoms with Crippen molar-refractivity contribution in [3.8, 4) is 0 Å². The molecule has 1 rings (SSSR count). The maximum atomic E-state index is 2.28. The SMILES string of the molecule is C[N+](C)(C)C1CCC1.[I-]. The molecule has 0 atom stereocenters. The topological polar surface area (TPSA) is 0 Å². The number of hydrogen-bond acceptors (Lipinski definition) is 0. The largest absolute Gasteiger partial charge is 1.00 e. The lowest BCUT2D eigenvalue weighted by molar-refractivity contribution is -0.902. The van der Waals surface area contributed by atoms with Gasteiger partial charge in [0.15, 0.2) is 0 Å². The Bertz CT molecular complexity index is 81.4. The summed E-state index contributed by atoms with van der Waals surface area (Å²) < 4.78 is 1.17. The van der Waals surface area contributed by atoms with Gasteiger partial charge in [0.05, 0.1) is 27.2 Å². The lowest BCUT2D eigenvalue weighted by atomic mass is 9.91. The number of halogens is 1. The molecule has 1 saturated carbocycles. The van der Waals surface area contributed by atoms with Gasteiger partial charge in [0, 0.05) is 0 Å². The minimum absolute atomic E-state index is 0. The first-order valence-corrected chi connectivity index (χ1v) is 3.42. The lowest BCUT2D eigenvalue weighted by Gasteiger charge is -2.39.